The van der Waals surface area contributed by atoms with Gasteiger partial charge in [0, 0.05) is 6.42 Å². The van der Waals surface area contributed by atoms with E-state index >= 15 is 0 Å². The van der Waals surface area contributed by atoms with Crippen molar-refractivity contribution in [2.45, 2.75) is 222 Å². The standard InChI is InChI=1S/C39H75NO13/c1-3-5-7-9-11-13-15-17-19-21-23-31(44)40-27(28(43)22-20-18-16-14-12-10-8-6-4-2)26-50-38-36(49)34(47)37(30(25-42)52-38)53-39-35(48)33(46)32(45)29(24-41)51-39/h27-30,32-39,41-43,45-49H,3-26H2,1-2H3,(H,40,44). The van der Waals surface area contributed by atoms with E-state index in [0.29, 0.717) is 12.8 Å². The van der Waals surface area contributed by atoms with Gasteiger partial charge in [0.25, 0.3) is 0 Å². The molecule has 12 atom stereocenters. The first-order chi connectivity index (χ1) is 25.6. The molecule has 2 rings (SSSR count). The summed E-state index contributed by atoms with van der Waals surface area (Å²) in [6.07, 6.45) is 5.67. The van der Waals surface area contributed by atoms with Gasteiger partial charge in [0.2, 0.25) is 5.91 Å². The molecule has 314 valence electrons. The lowest BCUT2D eigenvalue weighted by Crippen LogP contribution is -2.65. The van der Waals surface area contributed by atoms with Crippen LogP contribution in [0.15, 0.2) is 0 Å². The predicted molar refractivity (Wildman–Crippen MR) is 199 cm³/mol. The van der Waals surface area contributed by atoms with E-state index in [-0.39, 0.29) is 12.5 Å². The first-order valence-corrected chi connectivity index (χ1v) is 20.8. The highest BCUT2D eigenvalue weighted by Crippen LogP contribution is 2.30. The molecule has 0 aromatic heterocycles. The number of aliphatic hydroxyl groups is 8. The topological polar surface area (TPSA) is 228 Å². The Kier molecular flexibility index (Phi) is 25.8. The number of amides is 1. The molecule has 2 saturated heterocycles. The van der Waals surface area contributed by atoms with Crippen molar-refractivity contribution in [1.82, 2.24) is 5.32 Å². The molecule has 2 aliphatic heterocycles. The smallest absolute Gasteiger partial charge is 0.220 e. The molecule has 1 amide bonds. The Morgan fingerprint density at radius 1 is 0.604 bits per heavy atom. The van der Waals surface area contributed by atoms with Crippen molar-refractivity contribution in [1.29, 1.82) is 0 Å². The fourth-order valence-corrected chi connectivity index (χ4v) is 7.06. The van der Waals surface area contributed by atoms with Gasteiger partial charge in [-0.1, -0.05) is 129 Å². The van der Waals surface area contributed by atoms with Gasteiger partial charge < -0.3 is 65.1 Å². The number of carbonyl (C=O) groups excluding carboxylic acids is 1. The van der Waals surface area contributed by atoms with E-state index < -0.39 is 86.8 Å². The highest BCUT2D eigenvalue weighted by molar-refractivity contribution is 5.76. The van der Waals surface area contributed by atoms with Crippen molar-refractivity contribution in [3.05, 3.63) is 0 Å². The molecule has 9 N–H and O–H groups in total. The normalized spacial score (nSPS) is 30.3. The Labute approximate surface area is 317 Å². The average Bonchev–Trinajstić information content (AvgIpc) is 3.15. The van der Waals surface area contributed by atoms with E-state index in [2.05, 4.69) is 19.2 Å². The minimum absolute atomic E-state index is 0.212. The molecule has 2 fully saturated rings. The Hall–Kier alpha value is -1.01. The molecule has 0 radical (unpaired) electrons. The third-order valence-electron chi connectivity index (χ3n) is 10.6. The monoisotopic (exact) mass is 766 g/mol. The molecule has 0 saturated carbocycles. The van der Waals surface area contributed by atoms with Crippen LogP contribution in [0.1, 0.15) is 149 Å². The fraction of sp³-hybridized carbons (Fsp3) is 0.974. The molecule has 0 bridgehead atoms. The van der Waals surface area contributed by atoms with Crippen molar-refractivity contribution in [2.75, 3.05) is 19.8 Å². The fourth-order valence-electron chi connectivity index (χ4n) is 7.06. The summed E-state index contributed by atoms with van der Waals surface area (Å²) in [4.78, 5) is 13.0. The van der Waals surface area contributed by atoms with Crippen LogP contribution in [-0.2, 0) is 23.7 Å². The van der Waals surface area contributed by atoms with Gasteiger partial charge in [-0.2, -0.15) is 0 Å². The van der Waals surface area contributed by atoms with Crippen LogP contribution in [0.5, 0.6) is 0 Å². The number of ether oxygens (including phenoxy) is 4. The number of nitrogens with one attached hydrogen (secondary N) is 1. The van der Waals surface area contributed by atoms with Gasteiger partial charge in [0.1, 0.15) is 48.8 Å². The van der Waals surface area contributed by atoms with Crippen molar-refractivity contribution < 1.29 is 64.6 Å². The molecule has 12 unspecified atom stereocenters. The zero-order valence-corrected chi connectivity index (χ0v) is 32.5. The molecular formula is C39H75NO13. The summed E-state index contributed by atoms with van der Waals surface area (Å²) >= 11 is 0. The van der Waals surface area contributed by atoms with Gasteiger partial charge >= 0.3 is 0 Å². The van der Waals surface area contributed by atoms with Crippen molar-refractivity contribution in [2.24, 2.45) is 0 Å². The molecule has 0 aromatic carbocycles. The zero-order valence-electron chi connectivity index (χ0n) is 32.5. The van der Waals surface area contributed by atoms with Crippen LogP contribution >= 0.6 is 0 Å². The highest BCUT2D eigenvalue weighted by atomic mass is 16.7. The van der Waals surface area contributed by atoms with E-state index in [1.165, 1.54) is 70.6 Å². The van der Waals surface area contributed by atoms with E-state index in [0.717, 1.165) is 51.4 Å². The average molecular weight is 766 g/mol. The van der Waals surface area contributed by atoms with Gasteiger partial charge in [-0.05, 0) is 12.8 Å². The van der Waals surface area contributed by atoms with E-state index in [9.17, 15) is 45.6 Å². The zero-order chi connectivity index (χ0) is 39.0. The number of hydrogen-bond acceptors (Lipinski definition) is 13. The van der Waals surface area contributed by atoms with Crippen LogP contribution < -0.4 is 5.32 Å². The Balaban J connectivity index is 1.93. The van der Waals surface area contributed by atoms with Crippen molar-refractivity contribution in [3.8, 4) is 0 Å². The van der Waals surface area contributed by atoms with Crippen LogP contribution in [0.2, 0.25) is 0 Å². The van der Waals surface area contributed by atoms with Crippen LogP contribution in [0.25, 0.3) is 0 Å². The lowest BCUT2D eigenvalue weighted by Gasteiger charge is -2.46. The summed E-state index contributed by atoms with van der Waals surface area (Å²) in [5.74, 6) is -0.212. The van der Waals surface area contributed by atoms with Crippen molar-refractivity contribution >= 4 is 5.91 Å². The third kappa shape index (κ3) is 17.8. The molecule has 0 spiro atoms. The molecule has 53 heavy (non-hydrogen) atoms. The quantitative estimate of drug-likeness (QED) is 0.0480. The lowest BCUT2D eigenvalue weighted by atomic mass is 9.97. The Morgan fingerprint density at radius 2 is 1.08 bits per heavy atom. The van der Waals surface area contributed by atoms with E-state index in [1.807, 2.05) is 0 Å². The van der Waals surface area contributed by atoms with E-state index in [1.54, 1.807) is 0 Å². The second-order valence-electron chi connectivity index (χ2n) is 15.1. The van der Waals surface area contributed by atoms with E-state index in [4.69, 9.17) is 18.9 Å². The van der Waals surface area contributed by atoms with Gasteiger partial charge in [-0.25, -0.2) is 0 Å². The number of aliphatic hydroxyl groups excluding tert-OH is 8. The number of hydrogen-bond donors (Lipinski definition) is 9. The van der Waals surface area contributed by atoms with Crippen LogP contribution in [-0.4, -0.2) is 140 Å². The second kappa shape index (κ2) is 28.4. The van der Waals surface area contributed by atoms with Gasteiger partial charge in [-0.3, -0.25) is 4.79 Å². The van der Waals surface area contributed by atoms with Gasteiger partial charge in [0.05, 0.1) is 32.0 Å². The minimum atomic E-state index is -1.78. The molecular weight excluding hydrogens is 690 g/mol. The third-order valence-corrected chi connectivity index (χ3v) is 10.6. The first kappa shape index (κ1) is 48.1. The maximum absolute atomic E-state index is 13.0. The SMILES string of the molecule is CCCCCCCCCCCCC(=O)NC(COC1OC(CO)C(OC2OC(CO)C(O)C(O)C2O)C(O)C1O)C(O)CCCCCCCCCCC. The number of unbranched alkanes of at least 4 members (excludes halogenated alkanes) is 17. The first-order valence-electron chi connectivity index (χ1n) is 20.8. The second-order valence-corrected chi connectivity index (χ2v) is 15.1. The number of rotatable bonds is 30. The Morgan fingerprint density at radius 3 is 1.60 bits per heavy atom. The lowest BCUT2D eigenvalue weighted by molar-refractivity contribution is -0.359. The van der Waals surface area contributed by atoms with Gasteiger partial charge in [0.15, 0.2) is 12.6 Å². The van der Waals surface area contributed by atoms with Crippen molar-refractivity contribution in [3.63, 3.8) is 0 Å². The molecule has 0 aromatic rings. The summed E-state index contributed by atoms with van der Waals surface area (Å²) in [6, 6.07) is -0.816. The largest absolute Gasteiger partial charge is 0.394 e. The highest BCUT2D eigenvalue weighted by Gasteiger charge is 2.50. The van der Waals surface area contributed by atoms with Crippen LogP contribution in [0, 0.1) is 0 Å². The summed E-state index contributed by atoms with van der Waals surface area (Å²) in [7, 11) is 0. The molecule has 14 nitrogen and oxygen atoms in total. The molecule has 2 heterocycles. The summed E-state index contributed by atoms with van der Waals surface area (Å²) in [5.41, 5.74) is 0. The summed E-state index contributed by atoms with van der Waals surface area (Å²) in [5, 5.41) is 86.2. The van der Waals surface area contributed by atoms with Gasteiger partial charge in [-0.15, -0.1) is 0 Å². The molecule has 14 heteroatoms. The minimum Gasteiger partial charge on any atom is -0.394 e. The summed E-state index contributed by atoms with van der Waals surface area (Å²) in [6.45, 7) is 2.77. The molecule has 0 aliphatic carbocycles. The predicted octanol–water partition coefficient (Wildman–Crippen LogP) is 2.70. The van der Waals surface area contributed by atoms with Crippen LogP contribution in [0.4, 0.5) is 0 Å². The van der Waals surface area contributed by atoms with Crippen LogP contribution in [0.3, 0.4) is 0 Å². The maximum Gasteiger partial charge on any atom is 0.220 e. The Bertz CT molecular complexity index is 915. The molecule has 2 aliphatic rings. The number of carbonyl (C=O) groups is 1. The summed E-state index contributed by atoms with van der Waals surface area (Å²) < 4.78 is 22.6. The maximum atomic E-state index is 13.0.